The van der Waals surface area contributed by atoms with Gasteiger partial charge in [-0.3, -0.25) is 0 Å². The smallest absolute Gasteiger partial charge is 0.337 e. The number of aromatic nitrogens is 2. The average molecular weight is 339 g/mol. The molecule has 10 heteroatoms. The maximum Gasteiger partial charge on any atom is 0.471 e. The van der Waals surface area contributed by atoms with E-state index in [0.29, 0.717) is 11.3 Å². The van der Waals surface area contributed by atoms with Crippen LogP contribution in [0, 0.1) is 17.2 Å². The van der Waals surface area contributed by atoms with E-state index in [1.54, 1.807) is 6.92 Å². The van der Waals surface area contributed by atoms with E-state index in [0.717, 1.165) is 0 Å². The fourth-order valence-corrected chi connectivity index (χ4v) is 1.63. The van der Waals surface area contributed by atoms with Crippen LogP contribution < -0.4 is 10.6 Å². The van der Waals surface area contributed by atoms with Crippen molar-refractivity contribution >= 4 is 11.7 Å². The molecule has 7 nitrogen and oxygen atoms in total. The van der Waals surface area contributed by atoms with Crippen molar-refractivity contribution in [2.45, 2.75) is 13.1 Å². The van der Waals surface area contributed by atoms with Crippen LogP contribution in [0.1, 0.15) is 12.8 Å². The minimum atomic E-state index is -4.70. The second kappa shape index (κ2) is 6.99. The molecule has 0 aliphatic rings. The highest BCUT2D eigenvalue weighted by atomic mass is 19.4. The first-order valence-corrected chi connectivity index (χ1v) is 6.75. The van der Waals surface area contributed by atoms with Crippen molar-refractivity contribution in [3.8, 4) is 17.5 Å². The van der Waals surface area contributed by atoms with Gasteiger partial charge in [0.2, 0.25) is 5.82 Å². The van der Waals surface area contributed by atoms with Gasteiger partial charge < -0.3 is 15.2 Å². The number of hydrogen-bond acceptors (Lipinski definition) is 5. The van der Waals surface area contributed by atoms with Crippen LogP contribution in [-0.2, 0) is 6.18 Å². The van der Waals surface area contributed by atoms with Crippen LogP contribution in [0.4, 0.5) is 23.7 Å². The van der Waals surface area contributed by atoms with Crippen molar-refractivity contribution < 1.29 is 22.5 Å². The van der Waals surface area contributed by atoms with E-state index in [4.69, 9.17) is 5.26 Å². The predicted molar refractivity (Wildman–Crippen MR) is 76.5 cm³/mol. The third kappa shape index (κ3) is 4.45. The number of hydrogen-bond donors (Lipinski definition) is 2. The maximum atomic E-state index is 12.4. The van der Waals surface area contributed by atoms with Gasteiger partial charge in [0, 0.05) is 17.8 Å². The molecule has 1 aromatic carbocycles. The van der Waals surface area contributed by atoms with Crippen LogP contribution in [0.3, 0.4) is 0 Å². The van der Waals surface area contributed by atoms with E-state index < -0.39 is 18.1 Å². The summed E-state index contributed by atoms with van der Waals surface area (Å²) in [5.41, 5.74) is 0.721. The van der Waals surface area contributed by atoms with Gasteiger partial charge >= 0.3 is 18.1 Å². The highest BCUT2D eigenvalue weighted by Crippen LogP contribution is 2.29. The van der Waals surface area contributed by atoms with Gasteiger partial charge in [-0.1, -0.05) is 5.16 Å². The Morgan fingerprint density at radius 3 is 2.58 bits per heavy atom. The van der Waals surface area contributed by atoms with Gasteiger partial charge in [0.25, 0.3) is 0 Å². The normalized spacial score (nSPS) is 12.3. The number of carbonyl (C=O) groups is 1. The topological polar surface area (TPSA) is 104 Å². The third-order valence-corrected chi connectivity index (χ3v) is 2.86. The Kier molecular flexibility index (Phi) is 5.03. The molecule has 24 heavy (non-hydrogen) atoms. The van der Waals surface area contributed by atoms with Crippen LogP contribution in [0.5, 0.6) is 0 Å². The number of carbonyl (C=O) groups excluding carboxylic acids is 1. The first kappa shape index (κ1) is 17.3. The molecule has 1 aromatic heterocycles. The molecule has 0 fully saturated rings. The fraction of sp³-hybridized carbons (Fsp3) is 0.286. The Morgan fingerprint density at radius 2 is 2.04 bits per heavy atom. The zero-order valence-electron chi connectivity index (χ0n) is 12.4. The molecule has 0 aliphatic heterocycles. The molecule has 0 bridgehead atoms. The summed E-state index contributed by atoms with van der Waals surface area (Å²) < 4.78 is 41.4. The molecule has 1 unspecified atom stereocenters. The van der Waals surface area contributed by atoms with Crippen molar-refractivity contribution in [1.82, 2.24) is 15.5 Å². The highest BCUT2D eigenvalue weighted by molar-refractivity contribution is 5.89. The standard InChI is InChI=1S/C14H12F3N5O2/c1-8(6-18)7-19-13(23)20-10-4-2-9(3-5-10)11-21-12(24-22-11)14(15,16)17/h2-5,8H,7H2,1H3,(H2,19,20,23). The molecule has 0 aliphatic carbocycles. The summed E-state index contributed by atoms with van der Waals surface area (Å²) in [5.74, 6) is -1.95. The number of rotatable bonds is 4. The second-order valence-electron chi connectivity index (χ2n) is 4.86. The van der Waals surface area contributed by atoms with Crippen LogP contribution in [0.25, 0.3) is 11.4 Å². The lowest BCUT2D eigenvalue weighted by Crippen LogP contribution is -2.31. The minimum absolute atomic E-state index is 0.198. The van der Waals surface area contributed by atoms with Gasteiger partial charge in [-0.05, 0) is 31.2 Å². The number of anilines is 1. The Balaban J connectivity index is 1.99. The molecule has 0 saturated carbocycles. The molecule has 0 spiro atoms. The van der Waals surface area contributed by atoms with Crippen LogP contribution >= 0.6 is 0 Å². The monoisotopic (exact) mass is 339 g/mol. The second-order valence-corrected chi connectivity index (χ2v) is 4.86. The Bertz CT molecular complexity index is 749. The molecule has 2 rings (SSSR count). The van der Waals surface area contributed by atoms with Gasteiger partial charge in [-0.25, -0.2) is 4.79 Å². The van der Waals surface area contributed by atoms with Gasteiger partial charge in [0.15, 0.2) is 0 Å². The largest absolute Gasteiger partial charge is 0.471 e. The quantitative estimate of drug-likeness (QED) is 0.891. The Labute approximate surface area is 134 Å². The number of alkyl halides is 3. The molecule has 1 heterocycles. The van der Waals surface area contributed by atoms with Crippen LogP contribution in [0.2, 0.25) is 0 Å². The van der Waals surface area contributed by atoms with Crippen molar-refractivity contribution in [3.05, 3.63) is 30.2 Å². The first-order chi connectivity index (χ1) is 11.3. The summed E-state index contributed by atoms with van der Waals surface area (Å²) >= 11 is 0. The van der Waals surface area contributed by atoms with Gasteiger partial charge in [-0.2, -0.15) is 23.4 Å². The summed E-state index contributed by atoms with van der Waals surface area (Å²) in [6, 6.07) is 7.32. The molecule has 126 valence electrons. The summed E-state index contributed by atoms with van der Waals surface area (Å²) in [4.78, 5) is 14.9. The van der Waals surface area contributed by atoms with Gasteiger partial charge in [0.1, 0.15) is 0 Å². The van der Waals surface area contributed by atoms with E-state index in [1.807, 2.05) is 6.07 Å². The molecule has 0 saturated heterocycles. The molecular weight excluding hydrogens is 327 g/mol. The van der Waals surface area contributed by atoms with E-state index in [-0.39, 0.29) is 18.3 Å². The molecule has 2 aromatic rings. The number of amides is 2. The van der Waals surface area contributed by atoms with Crippen molar-refractivity contribution in [2.24, 2.45) is 5.92 Å². The Morgan fingerprint density at radius 1 is 1.38 bits per heavy atom. The van der Waals surface area contributed by atoms with Crippen molar-refractivity contribution in [2.75, 3.05) is 11.9 Å². The number of benzene rings is 1. The SMILES string of the molecule is CC(C#N)CNC(=O)Nc1ccc(-c2noc(C(F)(F)F)n2)cc1. The zero-order valence-corrected chi connectivity index (χ0v) is 12.4. The lowest BCUT2D eigenvalue weighted by Gasteiger charge is -2.08. The van der Waals surface area contributed by atoms with Gasteiger partial charge in [-0.15, -0.1) is 0 Å². The number of nitrogens with zero attached hydrogens (tertiary/aromatic N) is 3. The van der Waals surface area contributed by atoms with E-state index in [1.165, 1.54) is 24.3 Å². The number of halogens is 3. The summed E-state index contributed by atoms with van der Waals surface area (Å²) in [6.07, 6.45) is -4.70. The summed E-state index contributed by atoms with van der Waals surface area (Å²) in [7, 11) is 0. The number of nitrogens with one attached hydrogen (secondary N) is 2. The van der Waals surface area contributed by atoms with E-state index in [9.17, 15) is 18.0 Å². The summed E-state index contributed by atoms with van der Waals surface area (Å²) in [5, 5.41) is 16.9. The molecule has 2 amide bonds. The van der Waals surface area contributed by atoms with Crippen LogP contribution in [-0.4, -0.2) is 22.7 Å². The molecule has 1 atom stereocenters. The minimum Gasteiger partial charge on any atom is -0.337 e. The van der Waals surface area contributed by atoms with Crippen LogP contribution in [0.15, 0.2) is 28.8 Å². The predicted octanol–water partition coefficient (Wildman–Crippen LogP) is 3.04. The number of urea groups is 1. The Hall–Kier alpha value is -3.09. The third-order valence-electron chi connectivity index (χ3n) is 2.86. The van der Waals surface area contributed by atoms with Gasteiger partial charge in [0.05, 0.1) is 12.0 Å². The average Bonchev–Trinajstić information content (AvgIpc) is 3.03. The van der Waals surface area contributed by atoms with Crippen molar-refractivity contribution in [3.63, 3.8) is 0 Å². The van der Waals surface area contributed by atoms with E-state index in [2.05, 4.69) is 25.3 Å². The fourth-order valence-electron chi connectivity index (χ4n) is 1.63. The van der Waals surface area contributed by atoms with E-state index >= 15 is 0 Å². The molecule has 2 N–H and O–H groups in total. The lowest BCUT2D eigenvalue weighted by atomic mass is 10.2. The summed E-state index contributed by atoms with van der Waals surface area (Å²) in [6.45, 7) is 1.86. The van der Waals surface area contributed by atoms with Crippen molar-refractivity contribution in [1.29, 1.82) is 5.26 Å². The zero-order chi connectivity index (χ0) is 17.7. The molecular formula is C14H12F3N5O2. The maximum absolute atomic E-state index is 12.4. The first-order valence-electron chi connectivity index (χ1n) is 6.75. The number of nitriles is 1. The highest BCUT2D eigenvalue weighted by Gasteiger charge is 2.38. The molecule has 0 radical (unpaired) electrons. The lowest BCUT2D eigenvalue weighted by molar-refractivity contribution is -0.159.